The topological polar surface area (TPSA) is 31.8 Å². The van der Waals surface area contributed by atoms with Crippen LogP contribution in [0.25, 0.3) is 0 Å². The van der Waals surface area contributed by atoms with E-state index < -0.39 is 0 Å². The number of aromatic nitrogens is 1. The van der Waals surface area contributed by atoms with Crippen molar-refractivity contribution in [1.82, 2.24) is 0 Å². The van der Waals surface area contributed by atoms with Gasteiger partial charge in [-0.25, -0.2) is 4.57 Å². The summed E-state index contributed by atoms with van der Waals surface area (Å²) in [6.45, 7) is 5.97. The number of nitrogens with zero attached hydrogens (tertiary/aromatic N) is 4. The molecule has 0 amide bonds. The lowest BCUT2D eigenvalue weighted by Gasteiger charge is -2.20. The molecule has 0 spiro atoms. The number of aryl methyl sites for hydroxylation is 2. The molecule has 0 N–H and O–H groups in total. The van der Waals surface area contributed by atoms with Crippen molar-refractivity contribution in [3.05, 3.63) is 71.2 Å². The fourth-order valence-electron chi connectivity index (χ4n) is 2.65. The zero-order chi connectivity index (χ0) is 17.6. The van der Waals surface area contributed by atoms with Crippen LogP contribution in [0.4, 0.5) is 16.5 Å². The van der Waals surface area contributed by atoms with Crippen LogP contribution in [0.15, 0.2) is 70.3 Å². The van der Waals surface area contributed by atoms with E-state index in [4.69, 9.17) is 0 Å². The van der Waals surface area contributed by atoms with E-state index in [0.29, 0.717) is 0 Å². The fourth-order valence-corrected chi connectivity index (χ4v) is 3.40. The highest BCUT2D eigenvalue weighted by Gasteiger charge is 2.11. The number of benzene rings is 2. The first-order chi connectivity index (χ1) is 12.2. The van der Waals surface area contributed by atoms with Crippen molar-refractivity contribution >= 4 is 27.8 Å². The summed E-state index contributed by atoms with van der Waals surface area (Å²) < 4.78 is 2.09. The van der Waals surface area contributed by atoms with Gasteiger partial charge in [0.15, 0.2) is 0 Å². The molecule has 1 aromatic heterocycles. The van der Waals surface area contributed by atoms with Crippen LogP contribution in [0, 0.1) is 6.92 Å². The van der Waals surface area contributed by atoms with Crippen molar-refractivity contribution in [3.63, 3.8) is 0 Å². The molecule has 0 fully saturated rings. The third-order valence-electron chi connectivity index (χ3n) is 4.13. The molecule has 0 aliphatic heterocycles. The molecule has 0 saturated heterocycles. The van der Waals surface area contributed by atoms with E-state index in [-0.39, 0.29) is 0 Å². The zero-order valence-electron chi connectivity index (χ0n) is 14.9. The highest BCUT2D eigenvalue weighted by Crippen LogP contribution is 2.27. The van der Waals surface area contributed by atoms with Gasteiger partial charge in [0.25, 0.3) is 0 Å². The van der Waals surface area contributed by atoms with Gasteiger partial charge in [-0.3, -0.25) is 0 Å². The van der Waals surface area contributed by atoms with Crippen LogP contribution in [0.2, 0.25) is 0 Å². The molecule has 3 aromatic rings. The molecular formula is C20H23N4S+. The Balaban J connectivity index is 1.74. The second-order valence-electron chi connectivity index (χ2n) is 5.98. The quantitative estimate of drug-likeness (QED) is 0.431. The Morgan fingerprint density at radius 3 is 2.60 bits per heavy atom. The summed E-state index contributed by atoms with van der Waals surface area (Å²) in [7, 11) is 2.11. The Morgan fingerprint density at radius 2 is 1.88 bits per heavy atom. The summed E-state index contributed by atoms with van der Waals surface area (Å²) in [5.74, 6) is 0. The van der Waals surface area contributed by atoms with Crippen LogP contribution < -0.4 is 9.47 Å². The summed E-state index contributed by atoms with van der Waals surface area (Å²) in [5.41, 5.74) is 4.52. The molecule has 0 unspecified atom stereocenters. The van der Waals surface area contributed by atoms with Gasteiger partial charge >= 0.3 is 5.13 Å². The Labute approximate surface area is 153 Å². The van der Waals surface area contributed by atoms with Gasteiger partial charge < -0.3 is 4.90 Å². The monoisotopic (exact) mass is 351 g/mol. The van der Waals surface area contributed by atoms with Gasteiger partial charge in [-0.2, -0.15) is 0 Å². The predicted octanol–water partition coefficient (Wildman–Crippen LogP) is 5.42. The van der Waals surface area contributed by atoms with Crippen molar-refractivity contribution in [2.24, 2.45) is 10.2 Å². The van der Waals surface area contributed by atoms with E-state index in [0.717, 1.165) is 29.5 Å². The summed E-state index contributed by atoms with van der Waals surface area (Å²) in [4.78, 5) is 2.24. The average Bonchev–Trinajstić information content (AvgIpc) is 3.09. The summed E-state index contributed by atoms with van der Waals surface area (Å²) >= 11 is 1.60. The standard InChI is InChI=1S/C20H23N4S/c1-4-24-12-13-25-20(24)22-21-19-11-10-18(14-16(19)2)23(3)15-17-8-6-5-7-9-17/h5-14H,4,15H2,1-3H3/q+1. The molecule has 2 aromatic carbocycles. The van der Waals surface area contributed by atoms with Crippen molar-refractivity contribution in [2.75, 3.05) is 11.9 Å². The molecule has 0 atom stereocenters. The lowest BCUT2D eigenvalue weighted by atomic mass is 10.1. The van der Waals surface area contributed by atoms with Crippen LogP contribution in [-0.2, 0) is 13.1 Å². The highest BCUT2D eigenvalue weighted by molar-refractivity contribution is 7.12. The van der Waals surface area contributed by atoms with Gasteiger partial charge in [0, 0.05) is 24.7 Å². The van der Waals surface area contributed by atoms with E-state index in [1.807, 2.05) is 23.7 Å². The molecule has 3 rings (SSSR count). The Bertz CT molecular complexity index is 855. The minimum absolute atomic E-state index is 0.882. The number of thiazole rings is 1. The van der Waals surface area contributed by atoms with E-state index in [2.05, 4.69) is 77.0 Å². The maximum absolute atomic E-state index is 4.44. The molecule has 1 heterocycles. The second-order valence-corrected chi connectivity index (χ2v) is 6.86. The molecule has 0 radical (unpaired) electrons. The first kappa shape index (κ1) is 17.3. The van der Waals surface area contributed by atoms with Gasteiger partial charge in [0.2, 0.25) is 0 Å². The molecule has 0 saturated carbocycles. The number of rotatable bonds is 6. The van der Waals surface area contributed by atoms with Crippen molar-refractivity contribution in [3.8, 4) is 0 Å². The van der Waals surface area contributed by atoms with Gasteiger partial charge in [-0.05, 0) is 59.6 Å². The molecule has 0 aliphatic carbocycles. The number of hydrogen-bond donors (Lipinski definition) is 0. The second kappa shape index (κ2) is 8.03. The third-order valence-corrected chi connectivity index (χ3v) is 4.91. The Morgan fingerprint density at radius 1 is 1.08 bits per heavy atom. The summed E-state index contributed by atoms with van der Waals surface area (Å²) in [6.07, 6.45) is 2.04. The molecule has 25 heavy (non-hydrogen) atoms. The van der Waals surface area contributed by atoms with Crippen molar-refractivity contribution in [1.29, 1.82) is 0 Å². The predicted molar refractivity (Wildman–Crippen MR) is 104 cm³/mol. The normalized spacial score (nSPS) is 11.2. The van der Waals surface area contributed by atoms with E-state index in [1.165, 1.54) is 11.3 Å². The molecule has 0 bridgehead atoms. The maximum Gasteiger partial charge on any atom is 0.408 e. The van der Waals surface area contributed by atoms with E-state index in [9.17, 15) is 0 Å². The Kier molecular flexibility index (Phi) is 5.56. The van der Waals surface area contributed by atoms with Crippen LogP contribution in [0.3, 0.4) is 0 Å². The summed E-state index contributed by atoms with van der Waals surface area (Å²) in [5, 5.41) is 11.8. The van der Waals surface area contributed by atoms with Gasteiger partial charge in [0.05, 0.1) is 11.7 Å². The number of hydrogen-bond acceptors (Lipinski definition) is 4. The molecular weight excluding hydrogens is 328 g/mol. The number of azo groups is 1. The SMILES string of the molecule is CC[n+]1ccsc1N=Nc1ccc(N(C)Cc2ccccc2)cc1C. The van der Waals surface area contributed by atoms with E-state index >= 15 is 0 Å². The van der Waals surface area contributed by atoms with Crippen molar-refractivity contribution < 1.29 is 4.57 Å². The van der Waals surface area contributed by atoms with Crippen LogP contribution in [-0.4, -0.2) is 7.05 Å². The highest BCUT2D eigenvalue weighted by atomic mass is 32.1. The third kappa shape index (κ3) is 4.31. The van der Waals surface area contributed by atoms with Crippen molar-refractivity contribution in [2.45, 2.75) is 26.9 Å². The number of anilines is 1. The molecule has 4 nitrogen and oxygen atoms in total. The average molecular weight is 351 g/mol. The summed E-state index contributed by atoms with van der Waals surface area (Å²) in [6, 6.07) is 16.8. The first-order valence-corrected chi connectivity index (χ1v) is 9.29. The van der Waals surface area contributed by atoms with Crippen LogP contribution in [0.5, 0.6) is 0 Å². The van der Waals surface area contributed by atoms with Gasteiger partial charge in [0.1, 0.15) is 11.9 Å². The van der Waals surface area contributed by atoms with Crippen LogP contribution in [0.1, 0.15) is 18.1 Å². The fraction of sp³-hybridized carbons (Fsp3) is 0.250. The molecule has 0 aliphatic rings. The maximum atomic E-state index is 4.44. The lowest BCUT2D eigenvalue weighted by molar-refractivity contribution is -0.676. The lowest BCUT2D eigenvalue weighted by Crippen LogP contribution is -2.28. The molecule has 128 valence electrons. The van der Waals surface area contributed by atoms with Crippen LogP contribution >= 0.6 is 11.3 Å². The minimum atomic E-state index is 0.882. The zero-order valence-corrected chi connectivity index (χ0v) is 15.7. The van der Waals surface area contributed by atoms with Gasteiger partial charge in [-0.1, -0.05) is 30.3 Å². The van der Waals surface area contributed by atoms with Gasteiger partial charge in [-0.15, -0.1) is 0 Å². The Hall–Kier alpha value is -2.53. The largest absolute Gasteiger partial charge is 0.408 e. The smallest absolute Gasteiger partial charge is 0.370 e. The molecule has 5 heteroatoms. The minimum Gasteiger partial charge on any atom is -0.370 e. The first-order valence-electron chi connectivity index (χ1n) is 8.41. The van der Waals surface area contributed by atoms with E-state index in [1.54, 1.807) is 11.3 Å².